The van der Waals surface area contributed by atoms with Crippen LogP contribution in [0.1, 0.15) is 18.1 Å². The standard InChI is InChI=1S/C17H21NO2/c1-2-19-16-10-6-9-15(13-18)17(16)20-12-11-14-7-4-3-5-8-14/h3-10H,2,11-13,18H2,1H3. The van der Waals surface area contributed by atoms with Crippen molar-refractivity contribution >= 4 is 0 Å². The van der Waals surface area contributed by atoms with Gasteiger partial charge in [0.05, 0.1) is 13.2 Å². The Morgan fingerprint density at radius 3 is 2.45 bits per heavy atom. The highest BCUT2D eigenvalue weighted by Crippen LogP contribution is 2.31. The number of rotatable bonds is 7. The molecule has 2 aromatic carbocycles. The molecule has 0 bridgehead atoms. The number of para-hydroxylation sites is 1. The molecule has 0 saturated heterocycles. The average Bonchev–Trinajstić information content (AvgIpc) is 2.50. The summed E-state index contributed by atoms with van der Waals surface area (Å²) in [4.78, 5) is 0. The number of nitrogens with two attached hydrogens (primary N) is 1. The molecule has 0 unspecified atom stereocenters. The number of benzene rings is 2. The quantitative estimate of drug-likeness (QED) is 0.841. The smallest absolute Gasteiger partial charge is 0.165 e. The van der Waals surface area contributed by atoms with Gasteiger partial charge in [-0.15, -0.1) is 0 Å². The van der Waals surface area contributed by atoms with E-state index in [9.17, 15) is 0 Å². The number of hydrogen-bond acceptors (Lipinski definition) is 3. The van der Waals surface area contributed by atoms with Crippen molar-refractivity contribution in [2.45, 2.75) is 19.9 Å². The first-order valence-electron chi connectivity index (χ1n) is 6.96. The van der Waals surface area contributed by atoms with E-state index >= 15 is 0 Å². The molecule has 0 aromatic heterocycles. The highest BCUT2D eigenvalue weighted by molar-refractivity contribution is 5.46. The third-order valence-corrected chi connectivity index (χ3v) is 3.06. The molecular formula is C17H21NO2. The Kier molecular flexibility index (Phi) is 5.44. The SMILES string of the molecule is CCOc1cccc(CN)c1OCCc1ccccc1. The molecule has 0 spiro atoms. The minimum absolute atomic E-state index is 0.446. The zero-order valence-electron chi connectivity index (χ0n) is 11.8. The van der Waals surface area contributed by atoms with Gasteiger partial charge in [-0.2, -0.15) is 0 Å². The zero-order valence-corrected chi connectivity index (χ0v) is 11.8. The van der Waals surface area contributed by atoms with Gasteiger partial charge in [-0.05, 0) is 18.6 Å². The summed E-state index contributed by atoms with van der Waals surface area (Å²) in [5.74, 6) is 1.54. The van der Waals surface area contributed by atoms with E-state index in [0.717, 1.165) is 23.5 Å². The van der Waals surface area contributed by atoms with E-state index in [-0.39, 0.29) is 0 Å². The van der Waals surface area contributed by atoms with E-state index in [0.29, 0.717) is 19.8 Å². The first-order chi connectivity index (χ1) is 9.85. The summed E-state index contributed by atoms with van der Waals surface area (Å²) in [5.41, 5.74) is 8.00. The van der Waals surface area contributed by atoms with E-state index in [1.165, 1.54) is 5.56 Å². The predicted molar refractivity (Wildman–Crippen MR) is 81.1 cm³/mol. The minimum Gasteiger partial charge on any atom is -0.490 e. The Morgan fingerprint density at radius 1 is 0.950 bits per heavy atom. The van der Waals surface area contributed by atoms with Crippen LogP contribution in [0.5, 0.6) is 11.5 Å². The lowest BCUT2D eigenvalue weighted by molar-refractivity contribution is 0.277. The van der Waals surface area contributed by atoms with Gasteiger partial charge in [-0.3, -0.25) is 0 Å². The number of ether oxygens (including phenoxy) is 2. The molecule has 0 aliphatic rings. The molecule has 0 aliphatic carbocycles. The summed E-state index contributed by atoms with van der Waals surface area (Å²) in [7, 11) is 0. The molecule has 0 radical (unpaired) electrons. The average molecular weight is 271 g/mol. The summed E-state index contributed by atoms with van der Waals surface area (Å²) < 4.78 is 11.5. The summed E-state index contributed by atoms with van der Waals surface area (Å²) in [6, 6.07) is 16.1. The maximum Gasteiger partial charge on any atom is 0.165 e. The molecule has 3 nitrogen and oxygen atoms in total. The third kappa shape index (κ3) is 3.75. The summed E-state index contributed by atoms with van der Waals surface area (Å²) in [6.07, 6.45) is 0.866. The van der Waals surface area contributed by atoms with Crippen molar-refractivity contribution in [1.82, 2.24) is 0 Å². The molecule has 0 amide bonds. The molecule has 0 aliphatic heterocycles. The molecule has 2 N–H and O–H groups in total. The highest BCUT2D eigenvalue weighted by Gasteiger charge is 2.09. The van der Waals surface area contributed by atoms with Crippen molar-refractivity contribution in [2.75, 3.05) is 13.2 Å². The van der Waals surface area contributed by atoms with Crippen LogP contribution in [0.15, 0.2) is 48.5 Å². The molecule has 3 heteroatoms. The summed E-state index contributed by atoms with van der Waals surface area (Å²) >= 11 is 0. The second kappa shape index (κ2) is 7.56. The van der Waals surface area contributed by atoms with Crippen LogP contribution in [0, 0.1) is 0 Å². The normalized spacial score (nSPS) is 10.3. The Balaban J connectivity index is 2.04. The van der Waals surface area contributed by atoms with Gasteiger partial charge in [0.25, 0.3) is 0 Å². The Labute approximate surface area is 120 Å². The Bertz CT molecular complexity index is 526. The maximum absolute atomic E-state index is 5.91. The molecular weight excluding hydrogens is 250 g/mol. The zero-order chi connectivity index (χ0) is 14.2. The minimum atomic E-state index is 0.446. The van der Waals surface area contributed by atoms with Crippen molar-refractivity contribution in [2.24, 2.45) is 5.73 Å². The van der Waals surface area contributed by atoms with Gasteiger partial charge in [0.1, 0.15) is 0 Å². The summed E-state index contributed by atoms with van der Waals surface area (Å²) in [6.45, 7) is 3.63. The van der Waals surface area contributed by atoms with Crippen LogP contribution in [-0.2, 0) is 13.0 Å². The first-order valence-corrected chi connectivity index (χ1v) is 6.96. The molecule has 0 heterocycles. The van der Waals surface area contributed by atoms with Crippen molar-refractivity contribution in [3.8, 4) is 11.5 Å². The second-order valence-electron chi connectivity index (χ2n) is 4.47. The van der Waals surface area contributed by atoms with E-state index < -0.39 is 0 Å². The molecule has 0 saturated carbocycles. The largest absolute Gasteiger partial charge is 0.490 e. The lowest BCUT2D eigenvalue weighted by Gasteiger charge is -2.15. The van der Waals surface area contributed by atoms with Crippen LogP contribution in [-0.4, -0.2) is 13.2 Å². The second-order valence-corrected chi connectivity index (χ2v) is 4.47. The molecule has 2 rings (SSSR count). The molecule has 106 valence electrons. The van der Waals surface area contributed by atoms with Crippen LogP contribution >= 0.6 is 0 Å². The monoisotopic (exact) mass is 271 g/mol. The Morgan fingerprint density at radius 2 is 1.75 bits per heavy atom. The van der Waals surface area contributed by atoms with Crippen molar-refractivity contribution in [3.05, 3.63) is 59.7 Å². The topological polar surface area (TPSA) is 44.5 Å². The van der Waals surface area contributed by atoms with Gasteiger partial charge >= 0.3 is 0 Å². The fraction of sp³-hybridized carbons (Fsp3) is 0.294. The van der Waals surface area contributed by atoms with Crippen LogP contribution in [0.25, 0.3) is 0 Å². The van der Waals surface area contributed by atoms with E-state index in [2.05, 4.69) is 12.1 Å². The van der Waals surface area contributed by atoms with Crippen molar-refractivity contribution in [3.63, 3.8) is 0 Å². The van der Waals surface area contributed by atoms with Gasteiger partial charge in [0.2, 0.25) is 0 Å². The highest BCUT2D eigenvalue weighted by atomic mass is 16.5. The van der Waals surface area contributed by atoms with Crippen molar-refractivity contribution < 1.29 is 9.47 Å². The van der Waals surface area contributed by atoms with Crippen molar-refractivity contribution in [1.29, 1.82) is 0 Å². The lowest BCUT2D eigenvalue weighted by Crippen LogP contribution is -2.08. The fourth-order valence-corrected chi connectivity index (χ4v) is 2.07. The first kappa shape index (κ1) is 14.4. The van der Waals surface area contributed by atoms with Crippen LogP contribution in [0.3, 0.4) is 0 Å². The van der Waals surface area contributed by atoms with Gasteiger partial charge in [-0.1, -0.05) is 42.5 Å². The van der Waals surface area contributed by atoms with Crippen LogP contribution < -0.4 is 15.2 Å². The third-order valence-electron chi connectivity index (χ3n) is 3.06. The van der Waals surface area contributed by atoms with E-state index in [4.69, 9.17) is 15.2 Å². The van der Waals surface area contributed by atoms with E-state index in [1.54, 1.807) is 0 Å². The van der Waals surface area contributed by atoms with Gasteiger partial charge in [0, 0.05) is 18.5 Å². The maximum atomic E-state index is 5.91. The molecule has 2 aromatic rings. The summed E-state index contributed by atoms with van der Waals surface area (Å²) in [5, 5.41) is 0. The molecule has 0 fully saturated rings. The lowest BCUT2D eigenvalue weighted by atomic mass is 10.1. The number of hydrogen-bond donors (Lipinski definition) is 1. The fourth-order valence-electron chi connectivity index (χ4n) is 2.07. The van der Waals surface area contributed by atoms with Crippen LogP contribution in [0.2, 0.25) is 0 Å². The Hall–Kier alpha value is -2.00. The predicted octanol–water partition coefficient (Wildman–Crippen LogP) is 3.17. The van der Waals surface area contributed by atoms with Gasteiger partial charge in [-0.25, -0.2) is 0 Å². The molecule has 20 heavy (non-hydrogen) atoms. The van der Waals surface area contributed by atoms with E-state index in [1.807, 2.05) is 43.3 Å². The molecule has 0 atom stereocenters. The van der Waals surface area contributed by atoms with Gasteiger partial charge < -0.3 is 15.2 Å². The van der Waals surface area contributed by atoms with Gasteiger partial charge in [0.15, 0.2) is 11.5 Å². The van der Waals surface area contributed by atoms with Crippen LogP contribution in [0.4, 0.5) is 0 Å².